The summed E-state index contributed by atoms with van der Waals surface area (Å²) in [5.41, 5.74) is 0.989. The van der Waals surface area contributed by atoms with Crippen molar-refractivity contribution in [3.05, 3.63) is 29.3 Å². The number of fused-ring (bicyclic) bond motifs is 1. The van der Waals surface area contributed by atoms with Crippen LogP contribution in [0, 0.1) is 0 Å². The summed E-state index contributed by atoms with van der Waals surface area (Å²) in [6, 6.07) is 7.95. The van der Waals surface area contributed by atoms with E-state index in [0.29, 0.717) is 11.5 Å². The summed E-state index contributed by atoms with van der Waals surface area (Å²) >= 11 is 3.11. The maximum atomic E-state index is 11.5. The van der Waals surface area contributed by atoms with Crippen molar-refractivity contribution in [1.29, 1.82) is 0 Å². The Kier molecular flexibility index (Phi) is 5.37. The Hall–Kier alpha value is -1.60. The van der Waals surface area contributed by atoms with E-state index in [2.05, 4.69) is 15.0 Å². The predicted octanol–water partition coefficient (Wildman–Crippen LogP) is 1.82. The van der Waals surface area contributed by atoms with Crippen molar-refractivity contribution in [1.82, 2.24) is 10.3 Å². The molecule has 5 nitrogen and oxygen atoms in total. The van der Waals surface area contributed by atoms with Crippen LogP contribution in [0.1, 0.15) is 5.01 Å². The van der Waals surface area contributed by atoms with Crippen molar-refractivity contribution in [3.8, 4) is 0 Å². The summed E-state index contributed by atoms with van der Waals surface area (Å²) in [6.45, 7) is -0.0863. The van der Waals surface area contributed by atoms with Gasteiger partial charge in [0.2, 0.25) is 5.91 Å². The van der Waals surface area contributed by atoms with E-state index in [1.54, 1.807) is 11.3 Å². The summed E-state index contributed by atoms with van der Waals surface area (Å²) in [4.78, 5) is 26.8. The summed E-state index contributed by atoms with van der Waals surface area (Å²) in [5.74, 6) is 0.355. The van der Waals surface area contributed by atoms with E-state index in [1.165, 1.54) is 18.9 Å². The number of hydrogen-bond donors (Lipinski definition) is 1. The lowest BCUT2D eigenvalue weighted by Gasteiger charge is -2.02. The number of benzene rings is 1. The summed E-state index contributed by atoms with van der Waals surface area (Å²) in [7, 11) is 1.29. The summed E-state index contributed by atoms with van der Waals surface area (Å²) < 4.78 is 5.59. The van der Waals surface area contributed by atoms with E-state index in [-0.39, 0.29) is 12.5 Å². The molecular weight excluding hydrogens is 296 g/mol. The number of thioether (sulfide) groups is 1. The molecule has 0 aliphatic carbocycles. The van der Waals surface area contributed by atoms with Crippen LogP contribution in [-0.2, 0) is 20.1 Å². The summed E-state index contributed by atoms with van der Waals surface area (Å²) in [6.07, 6.45) is 0. The first kappa shape index (κ1) is 14.8. The molecule has 0 fully saturated rings. The van der Waals surface area contributed by atoms with Gasteiger partial charge >= 0.3 is 5.97 Å². The van der Waals surface area contributed by atoms with E-state index in [0.717, 1.165) is 15.2 Å². The number of para-hydroxylation sites is 1. The molecule has 0 atom stereocenters. The molecule has 7 heteroatoms. The highest BCUT2D eigenvalue weighted by Gasteiger charge is 2.07. The van der Waals surface area contributed by atoms with Gasteiger partial charge in [0, 0.05) is 5.75 Å². The second-order valence-electron chi connectivity index (χ2n) is 3.92. The first-order valence-electron chi connectivity index (χ1n) is 5.94. The van der Waals surface area contributed by atoms with Crippen LogP contribution in [-0.4, -0.2) is 36.3 Å². The number of carbonyl (C=O) groups excluding carboxylic acids is 2. The highest BCUT2D eigenvalue weighted by atomic mass is 32.2. The Balaban J connectivity index is 1.75. The zero-order valence-corrected chi connectivity index (χ0v) is 12.6. The van der Waals surface area contributed by atoms with Crippen molar-refractivity contribution in [2.75, 3.05) is 19.4 Å². The Morgan fingerprint density at radius 3 is 2.95 bits per heavy atom. The number of esters is 1. The molecule has 1 amide bonds. The quantitative estimate of drug-likeness (QED) is 0.824. The molecule has 0 radical (unpaired) electrons. The minimum Gasteiger partial charge on any atom is -0.468 e. The van der Waals surface area contributed by atoms with Crippen LogP contribution in [0.4, 0.5) is 0 Å². The third kappa shape index (κ3) is 4.21. The normalized spacial score (nSPS) is 10.4. The maximum Gasteiger partial charge on any atom is 0.325 e. The molecule has 0 unspecified atom stereocenters. The minimum absolute atomic E-state index is 0.0863. The molecule has 1 N–H and O–H groups in total. The Labute approximate surface area is 124 Å². The van der Waals surface area contributed by atoms with Gasteiger partial charge in [-0.2, -0.15) is 0 Å². The average Bonchev–Trinajstić information content (AvgIpc) is 2.87. The second-order valence-corrected chi connectivity index (χ2v) is 6.02. The van der Waals surface area contributed by atoms with Crippen molar-refractivity contribution in [2.45, 2.75) is 5.75 Å². The number of aromatic nitrogens is 1. The number of ether oxygens (including phenoxy) is 1. The van der Waals surface area contributed by atoms with Gasteiger partial charge in [-0.05, 0) is 12.1 Å². The number of rotatable bonds is 6. The van der Waals surface area contributed by atoms with Crippen LogP contribution in [0.5, 0.6) is 0 Å². The molecular formula is C13H14N2O3S2. The van der Waals surface area contributed by atoms with E-state index in [4.69, 9.17) is 0 Å². The molecule has 0 aliphatic rings. The van der Waals surface area contributed by atoms with Gasteiger partial charge in [0.15, 0.2) is 0 Å². The molecule has 2 aromatic rings. The molecule has 106 valence electrons. The number of nitrogens with zero attached hydrogens (tertiary/aromatic N) is 1. The number of nitrogens with one attached hydrogen (secondary N) is 1. The zero-order valence-electron chi connectivity index (χ0n) is 10.9. The number of carbonyl (C=O) groups is 2. The van der Waals surface area contributed by atoms with Crippen LogP contribution in [0.25, 0.3) is 10.2 Å². The van der Waals surface area contributed by atoms with Crippen molar-refractivity contribution < 1.29 is 14.3 Å². The lowest BCUT2D eigenvalue weighted by atomic mass is 10.3. The molecule has 20 heavy (non-hydrogen) atoms. The number of thiazole rings is 1. The largest absolute Gasteiger partial charge is 0.468 e. The van der Waals surface area contributed by atoms with Gasteiger partial charge in [-0.25, -0.2) is 4.98 Å². The number of hydrogen-bond acceptors (Lipinski definition) is 6. The molecule has 2 rings (SSSR count). The summed E-state index contributed by atoms with van der Waals surface area (Å²) in [5, 5.41) is 3.49. The van der Waals surface area contributed by atoms with Gasteiger partial charge in [-0.3, -0.25) is 9.59 Å². The average molecular weight is 310 g/mol. The van der Waals surface area contributed by atoms with Crippen molar-refractivity contribution >= 4 is 45.2 Å². The van der Waals surface area contributed by atoms with Gasteiger partial charge < -0.3 is 10.1 Å². The highest BCUT2D eigenvalue weighted by molar-refractivity contribution is 7.99. The van der Waals surface area contributed by atoms with Crippen LogP contribution in [0.3, 0.4) is 0 Å². The fourth-order valence-corrected chi connectivity index (χ4v) is 3.38. The van der Waals surface area contributed by atoms with E-state index >= 15 is 0 Å². The fourth-order valence-electron chi connectivity index (χ4n) is 1.51. The Morgan fingerprint density at radius 1 is 1.40 bits per heavy atom. The monoisotopic (exact) mass is 310 g/mol. The lowest BCUT2D eigenvalue weighted by Crippen LogP contribution is -2.31. The molecule has 0 aliphatic heterocycles. The molecule has 1 aromatic heterocycles. The van der Waals surface area contributed by atoms with Gasteiger partial charge in [0.05, 0.1) is 23.1 Å². The molecule has 1 heterocycles. The predicted molar refractivity (Wildman–Crippen MR) is 80.8 cm³/mol. The van der Waals surface area contributed by atoms with Gasteiger partial charge in [-0.1, -0.05) is 12.1 Å². The Bertz CT molecular complexity index is 579. The van der Waals surface area contributed by atoms with Gasteiger partial charge in [-0.15, -0.1) is 23.1 Å². The number of methoxy groups -OCH3 is 1. The standard InChI is InChI=1S/C13H14N2O3S2/c1-18-13(17)6-14-11(16)7-19-8-12-15-9-4-2-3-5-10(9)20-12/h2-5H,6-8H2,1H3,(H,14,16). The van der Waals surface area contributed by atoms with E-state index in [1.807, 2.05) is 24.3 Å². The fraction of sp³-hybridized carbons (Fsp3) is 0.308. The molecule has 0 bridgehead atoms. The Morgan fingerprint density at radius 2 is 2.20 bits per heavy atom. The van der Waals surface area contributed by atoms with Crippen molar-refractivity contribution in [2.24, 2.45) is 0 Å². The zero-order chi connectivity index (χ0) is 14.4. The molecule has 1 aromatic carbocycles. The van der Waals surface area contributed by atoms with E-state index in [9.17, 15) is 9.59 Å². The van der Waals surface area contributed by atoms with Crippen LogP contribution < -0.4 is 5.32 Å². The molecule has 0 saturated carbocycles. The van der Waals surface area contributed by atoms with E-state index < -0.39 is 5.97 Å². The van der Waals surface area contributed by atoms with Gasteiger partial charge in [0.1, 0.15) is 11.6 Å². The van der Waals surface area contributed by atoms with Crippen molar-refractivity contribution in [3.63, 3.8) is 0 Å². The van der Waals surface area contributed by atoms with Gasteiger partial charge in [0.25, 0.3) is 0 Å². The first-order valence-corrected chi connectivity index (χ1v) is 7.92. The number of amides is 1. The first-order chi connectivity index (χ1) is 9.69. The SMILES string of the molecule is COC(=O)CNC(=O)CSCc1nc2ccccc2s1. The molecule has 0 spiro atoms. The molecule has 0 saturated heterocycles. The van der Waals surface area contributed by atoms with Crippen LogP contribution in [0.2, 0.25) is 0 Å². The highest BCUT2D eigenvalue weighted by Crippen LogP contribution is 2.24. The minimum atomic E-state index is -0.450. The third-order valence-electron chi connectivity index (χ3n) is 2.45. The maximum absolute atomic E-state index is 11.5. The third-order valence-corrected chi connectivity index (χ3v) is 4.62. The second kappa shape index (κ2) is 7.25. The topological polar surface area (TPSA) is 68.3 Å². The smallest absolute Gasteiger partial charge is 0.325 e. The van der Waals surface area contributed by atoms with Crippen LogP contribution >= 0.6 is 23.1 Å². The van der Waals surface area contributed by atoms with Crippen LogP contribution in [0.15, 0.2) is 24.3 Å². The lowest BCUT2D eigenvalue weighted by molar-refractivity contribution is -0.140.